The van der Waals surface area contributed by atoms with Gasteiger partial charge in [0.25, 0.3) is 0 Å². The molecule has 3 heterocycles. The molecule has 0 saturated carbocycles. The maximum absolute atomic E-state index is 13.0. The highest BCUT2D eigenvalue weighted by Gasteiger charge is 2.20. The van der Waals surface area contributed by atoms with Crippen LogP contribution in [0.1, 0.15) is 26.3 Å². The van der Waals surface area contributed by atoms with E-state index >= 15 is 0 Å². The highest BCUT2D eigenvalue weighted by atomic mass is 16.2. The van der Waals surface area contributed by atoms with E-state index in [1.165, 1.54) is 11.5 Å². The number of carbonyl (C=O) groups is 1. The molecule has 170 valence electrons. The Morgan fingerprint density at radius 1 is 1.06 bits per heavy atom. The maximum Gasteiger partial charge on any atom is 0.333 e. The van der Waals surface area contributed by atoms with Gasteiger partial charge in [0, 0.05) is 38.1 Å². The van der Waals surface area contributed by atoms with Gasteiger partial charge < -0.3 is 9.88 Å². The molecule has 0 spiro atoms. The molecule has 1 N–H and O–H groups in total. The first-order valence-corrected chi connectivity index (χ1v) is 10.7. The summed E-state index contributed by atoms with van der Waals surface area (Å²) < 4.78 is 3.12. The van der Waals surface area contributed by atoms with Crippen LogP contribution in [0.2, 0.25) is 0 Å². The first-order valence-electron chi connectivity index (χ1n) is 10.7. The summed E-state index contributed by atoms with van der Waals surface area (Å²) in [5.74, 6) is 0.295. The van der Waals surface area contributed by atoms with Crippen molar-refractivity contribution in [1.29, 1.82) is 5.26 Å². The number of aromatic nitrogens is 4. The molecule has 0 saturated heterocycles. The molecule has 0 aliphatic heterocycles. The van der Waals surface area contributed by atoms with Gasteiger partial charge in [-0.05, 0) is 61.4 Å². The van der Waals surface area contributed by atoms with Crippen LogP contribution in [0.4, 0.5) is 5.82 Å². The number of nitrogens with zero attached hydrogens (tertiary/aromatic N) is 5. The molecule has 8 nitrogen and oxygen atoms in total. The van der Waals surface area contributed by atoms with Gasteiger partial charge in [0.1, 0.15) is 5.82 Å². The second kappa shape index (κ2) is 8.79. The van der Waals surface area contributed by atoms with E-state index in [4.69, 9.17) is 0 Å². The van der Waals surface area contributed by atoms with Crippen molar-refractivity contribution in [3.05, 3.63) is 83.2 Å². The highest BCUT2D eigenvalue weighted by Crippen LogP contribution is 2.27. The number of nitrogens with one attached hydrogen (secondary N) is 1. The van der Waals surface area contributed by atoms with Gasteiger partial charge in [0.05, 0.1) is 28.6 Å². The van der Waals surface area contributed by atoms with Crippen molar-refractivity contribution in [2.24, 2.45) is 7.05 Å². The number of carbonyl (C=O) groups excluding carboxylic acids is 1. The Morgan fingerprint density at radius 2 is 1.79 bits per heavy atom. The van der Waals surface area contributed by atoms with E-state index in [0.29, 0.717) is 22.9 Å². The van der Waals surface area contributed by atoms with Crippen molar-refractivity contribution in [1.82, 2.24) is 19.1 Å². The van der Waals surface area contributed by atoms with Crippen LogP contribution in [0.3, 0.4) is 0 Å². The minimum atomic E-state index is -0.623. The average Bonchev–Trinajstić information content (AvgIpc) is 3.13. The molecular formula is C26H24N6O2. The van der Waals surface area contributed by atoms with E-state index in [1.54, 1.807) is 36.3 Å². The monoisotopic (exact) mass is 452 g/mol. The summed E-state index contributed by atoms with van der Waals surface area (Å²) in [4.78, 5) is 33.0. The second-order valence-electron chi connectivity index (χ2n) is 8.57. The van der Waals surface area contributed by atoms with Crippen LogP contribution in [0.25, 0.3) is 28.2 Å². The SMILES string of the molecule is CC(=O)Nc1ccc(-c2ccnc(-c3cn(C)c(=O)n3-c3ccc(C(C)(C)C#N)cc3)c2)cn1. The number of aryl methyl sites for hydroxylation is 1. The summed E-state index contributed by atoms with van der Waals surface area (Å²) in [5.41, 5.74) is 3.74. The fraction of sp³-hybridized carbons (Fsp3) is 0.192. The molecule has 0 aliphatic carbocycles. The third-order valence-corrected chi connectivity index (χ3v) is 5.60. The molecule has 4 aromatic rings. The molecule has 0 fully saturated rings. The van der Waals surface area contributed by atoms with Crippen molar-refractivity contribution in [2.75, 3.05) is 5.32 Å². The van der Waals surface area contributed by atoms with E-state index in [9.17, 15) is 14.9 Å². The van der Waals surface area contributed by atoms with Gasteiger partial charge in [-0.3, -0.25) is 14.3 Å². The van der Waals surface area contributed by atoms with Crippen LogP contribution in [-0.4, -0.2) is 25.0 Å². The molecule has 34 heavy (non-hydrogen) atoms. The lowest BCUT2D eigenvalue weighted by Gasteiger charge is -2.16. The fourth-order valence-corrected chi connectivity index (χ4v) is 3.65. The van der Waals surface area contributed by atoms with Crippen LogP contribution in [-0.2, 0) is 17.3 Å². The minimum absolute atomic E-state index is 0.183. The topological polar surface area (TPSA) is 106 Å². The number of imidazole rings is 1. The van der Waals surface area contributed by atoms with Crippen molar-refractivity contribution in [2.45, 2.75) is 26.2 Å². The Bertz CT molecular complexity index is 1460. The number of rotatable bonds is 5. The normalized spacial score (nSPS) is 11.1. The number of hydrogen-bond donors (Lipinski definition) is 1. The first-order chi connectivity index (χ1) is 16.2. The minimum Gasteiger partial charge on any atom is -0.311 e. The van der Waals surface area contributed by atoms with Crippen molar-refractivity contribution in [3.8, 4) is 34.3 Å². The molecule has 3 aromatic heterocycles. The number of amides is 1. The summed E-state index contributed by atoms with van der Waals surface area (Å²) in [6.45, 7) is 5.15. The zero-order valence-corrected chi connectivity index (χ0v) is 19.4. The number of pyridine rings is 2. The maximum atomic E-state index is 13.0. The zero-order valence-electron chi connectivity index (χ0n) is 19.4. The molecule has 0 atom stereocenters. The Labute approximate surface area is 197 Å². The molecule has 8 heteroatoms. The van der Waals surface area contributed by atoms with Gasteiger partial charge in [-0.2, -0.15) is 5.26 Å². The third-order valence-electron chi connectivity index (χ3n) is 5.60. The van der Waals surface area contributed by atoms with Crippen LogP contribution >= 0.6 is 0 Å². The summed E-state index contributed by atoms with van der Waals surface area (Å²) >= 11 is 0. The van der Waals surface area contributed by atoms with Crippen LogP contribution < -0.4 is 11.0 Å². The van der Waals surface area contributed by atoms with Gasteiger partial charge in [-0.15, -0.1) is 0 Å². The Balaban J connectivity index is 1.74. The number of anilines is 1. The quantitative estimate of drug-likeness (QED) is 0.492. The van der Waals surface area contributed by atoms with E-state index < -0.39 is 5.41 Å². The lowest BCUT2D eigenvalue weighted by molar-refractivity contribution is -0.114. The van der Waals surface area contributed by atoms with E-state index in [0.717, 1.165) is 16.7 Å². The largest absolute Gasteiger partial charge is 0.333 e. The van der Waals surface area contributed by atoms with Crippen LogP contribution in [0, 0.1) is 11.3 Å². The Hall–Kier alpha value is -4.51. The molecule has 0 unspecified atom stereocenters. The molecular weight excluding hydrogens is 428 g/mol. The number of hydrogen-bond acceptors (Lipinski definition) is 5. The Kier molecular flexibility index (Phi) is 5.86. The van der Waals surface area contributed by atoms with E-state index in [1.807, 2.05) is 56.3 Å². The van der Waals surface area contributed by atoms with Crippen molar-refractivity contribution >= 4 is 11.7 Å². The van der Waals surface area contributed by atoms with Crippen LogP contribution in [0.15, 0.2) is 71.9 Å². The molecule has 1 amide bonds. The lowest BCUT2D eigenvalue weighted by Crippen LogP contribution is -2.21. The molecule has 0 bridgehead atoms. The average molecular weight is 453 g/mol. The molecule has 0 radical (unpaired) electrons. The highest BCUT2D eigenvalue weighted by molar-refractivity contribution is 5.87. The van der Waals surface area contributed by atoms with Crippen LogP contribution in [0.5, 0.6) is 0 Å². The summed E-state index contributed by atoms with van der Waals surface area (Å²) in [6, 6.07) is 17.1. The second-order valence-corrected chi connectivity index (χ2v) is 8.57. The van der Waals surface area contributed by atoms with Crippen molar-refractivity contribution in [3.63, 3.8) is 0 Å². The van der Waals surface area contributed by atoms with E-state index in [-0.39, 0.29) is 11.6 Å². The molecule has 4 rings (SSSR count). The number of nitriles is 1. The van der Waals surface area contributed by atoms with Gasteiger partial charge in [-0.1, -0.05) is 12.1 Å². The summed E-state index contributed by atoms with van der Waals surface area (Å²) in [7, 11) is 1.70. The summed E-state index contributed by atoms with van der Waals surface area (Å²) in [5, 5.41) is 12.1. The third kappa shape index (κ3) is 4.36. The van der Waals surface area contributed by atoms with Crippen molar-refractivity contribution < 1.29 is 4.79 Å². The number of benzene rings is 1. The first kappa shape index (κ1) is 22.7. The fourth-order valence-electron chi connectivity index (χ4n) is 3.65. The standard InChI is InChI=1S/C26H24N6O2/c1-17(33)30-24-10-5-19(14-29-24)18-11-12-28-22(13-18)23-15-31(4)25(34)32(23)21-8-6-20(7-9-21)26(2,3)16-27/h5-15H,1-4H3,(H,29,30,33). The van der Waals surface area contributed by atoms with Gasteiger partial charge in [0.2, 0.25) is 5.91 Å². The predicted molar refractivity (Wildman–Crippen MR) is 130 cm³/mol. The van der Waals surface area contributed by atoms with E-state index in [2.05, 4.69) is 21.4 Å². The summed E-state index contributed by atoms with van der Waals surface area (Å²) in [6.07, 6.45) is 5.12. The molecule has 1 aromatic carbocycles. The zero-order chi connectivity index (χ0) is 24.5. The lowest BCUT2D eigenvalue weighted by atomic mass is 9.86. The van der Waals surface area contributed by atoms with Gasteiger partial charge in [-0.25, -0.2) is 9.78 Å². The van der Waals surface area contributed by atoms with Gasteiger partial charge in [0.15, 0.2) is 0 Å². The smallest absolute Gasteiger partial charge is 0.311 e. The van der Waals surface area contributed by atoms with Gasteiger partial charge >= 0.3 is 5.69 Å². The Morgan fingerprint density at radius 3 is 2.41 bits per heavy atom. The predicted octanol–water partition coefficient (Wildman–Crippen LogP) is 4.06. The molecule has 0 aliphatic rings.